The third-order valence-electron chi connectivity index (χ3n) is 3.04. The number of anilines is 2. The fourth-order valence-electron chi connectivity index (χ4n) is 2.13. The molecule has 1 unspecified atom stereocenters. The van der Waals surface area contributed by atoms with Crippen LogP contribution in [0, 0.1) is 0 Å². The number of ether oxygens (including phenoxy) is 1. The molecule has 2 aromatic carbocycles. The van der Waals surface area contributed by atoms with Gasteiger partial charge in [0, 0.05) is 10.0 Å². The molecule has 0 saturated carbocycles. The molecule has 92 valence electrons. The Balaban J connectivity index is 1.86. The Bertz CT molecular complexity index is 586. The smallest absolute Gasteiger partial charge is 0.124 e. The molecule has 0 saturated heterocycles. The number of fused-ring (bicyclic) bond motifs is 1. The van der Waals surface area contributed by atoms with Crippen LogP contribution >= 0.6 is 15.9 Å². The largest absolute Gasteiger partial charge is 0.491 e. The molecule has 0 aliphatic carbocycles. The average Bonchev–Trinajstić information content (AvgIpc) is 2.76. The number of benzene rings is 2. The summed E-state index contributed by atoms with van der Waals surface area (Å²) in [5.41, 5.74) is 8.83. The van der Waals surface area contributed by atoms with Crippen molar-refractivity contribution in [3.05, 3.63) is 52.5 Å². The summed E-state index contributed by atoms with van der Waals surface area (Å²) < 4.78 is 6.61. The minimum absolute atomic E-state index is 0.157. The third kappa shape index (κ3) is 2.04. The topological polar surface area (TPSA) is 47.3 Å². The van der Waals surface area contributed by atoms with Crippen LogP contribution in [0.3, 0.4) is 0 Å². The third-order valence-corrected chi connectivity index (χ3v) is 3.54. The Hall–Kier alpha value is -1.68. The summed E-state index contributed by atoms with van der Waals surface area (Å²) in [6, 6.07) is 14.1. The fraction of sp³-hybridized carbons (Fsp3) is 0.143. The molecule has 18 heavy (non-hydrogen) atoms. The number of nitrogens with two attached hydrogens (primary N) is 1. The SMILES string of the molecule is Nc1cc(Br)ccc1NC1COc2ccccc21. The zero-order valence-corrected chi connectivity index (χ0v) is 11.3. The molecule has 0 aromatic heterocycles. The van der Waals surface area contributed by atoms with Gasteiger partial charge in [-0.3, -0.25) is 0 Å². The van der Waals surface area contributed by atoms with Gasteiger partial charge in [0.05, 0.1) is 17.4 Å². The van der Waals surface area contributed by atoms with Crippen LogP contribution in [0.25, 0.3) is 0 Å². The molecule has 0 radical (unpaired) electrons. The minimum atomic E-state index is 0.157. The van der Waals surface area contributed by atoms with Gasteiger partial charge in [0.2, 0.25) is 0 Å². The summed E-state index contributed by atoms with van der Waals surface area (Å²) in [5.74, 6) is 0.950. The lowest BCUT2D eigenvalue weighted by molar-refractivity contribution is 0.340. The van der Waals surface area contributed by atoms with E-state index in [1.54, 1.807) is 0 Å². The van der Waals surface area contributed by atoms with Crippen LogP contribution in [-0.4, -0.2) is 6.61 Å². The highest BCUT2D eigenvalue weighted by Gasteiger charge is 2.23. The molecule has 2 aromatic rings. The van der Waals surface area contributed by atoms with E-state index in [4.69, 9.17) is 10.5 Å². The summed E-state index contributed by atoms with van der Waals surface area (Å²) in [5, 5.41) is 3.42. The molecule has 3 rings (SSSR count). The van der Waals surface area contributed by atoms with E-state index in [0.717, 1.165) is 21.6 Å². The second-order valence-electron chi connectivity index (χ2n) is 4.28. The Kier molecular flexibility index (Phi) is 2.88. The molecule has 0 amide bonds. The summed E-state index contributed by atoms with van der Waals surface area (Å²) in [6.45, 7) is 0.634. The molecule has 3 N–H and O–H groups in total. The van der Waals surface area contributed by atoms with Crippen molar-refractivity contribution in [2.75, 3.05) is 17.7 Å². The van der Waals surface area contributed by atoms with Crippen LogP contribution in [0.5, 0.6) is 5.75 Å². The highest BCUT2D eigenvalue weighted by molar-refractivity contribution is 9.10. The molecule has 4 heteroatoms. The highest BCUT2D eigenvalue weighted by atomic mass is 79.9. The van der Waals surface area contributed by atoms with E-state index in [1.807, 2.05) is 36.4 Å². The second-order valence-corrected chi connectivity index (χ2v) is 5.19. The van der Waals surface area contributed by atoms with Crippen LogP contribution in [0.15, 0.2) is 46.9 Å². The number of para-hydroxylation sites is 1. The standard InChI is InChI=1S/C14H13BrN2O/c15-9-5-6-12(11(16)7-9)17-13-8-18-14-4-2-1-3-10(13)14/h1-7,13,17H,8,16H2. The van der Waals surface area contributed by atoms with Crippen molar-refractivity contribution in [1.82, 2.24) is 0 Å². The van der Waals surface area contributed by atoms with Gasteiger partial charge in [0.25, 0.3) is 0 Å². The van der Waals surface area contributed by atoms with E-state index in [-0.39, 0.29) is 6.04 Å². The number of halogens is 1. The maximum atomic E-state index is 5.99. The van der Waals surface area contributed by atoms with Crippen LogP contribution in [0.2, 0.25) is 0 Å². The molecule has 1 atom stereocenters. The van der Waals surface area contributed by atoms with Gasteiger partial charge in [-0.25, -0.2) is 0 Å². The van der Waals surface area contributed by atoms with E-state index in [9.17, 15) is 0 Å². The molecule has 1 heterocycles. The summed E-state index contributed by atoms with van der Waals surface area (Å²) in [6.07, 6.45) is 0. The molecular formula is C14H13BrN2O. The van der Waals surface area contributed by atoms with Crippen molar-refractivity contribution >= 4 is 27.3 Å². The number of rotatable bonds is 2. The number of hydrogen-bond acceptors (Lipinski definition) is 3. The van der Waals surface area contributed by atoms with Gasteiger partial charge in [0.1, 0.15) is 12.4 Å². The van der Waals surface area contributed by atoms with Crippen molar-refractivity contribution < 1.29 is 4.74 Å². The predicted molar refractivity (Wildman–Crippen MR) is 76.9 cm³/mol. The van der Waals surface area contributed by atoms with E-state index >= 15 is 0 Å². The van der Waals surface area contributed by atoms with Gasteiger partial charge in [-0.15, -0.1) is 0 Å². The first-order chi connectivity index (χ1) is 8.74. The molecule has 0 bridgehead atoms. The van der Waals surface area contributed by atoms with Gasteiger partial charge >= 0.3 is 0 Å². The monoisotopic (exact) mass is 304 g/mol. The summed E-state index contributed by atoms with van der Waals surface area (Å²) in [7, 11) is 0. The van der Waals surface area contributed by atoms with Crippen LogP contribution in [-0.2, 0) is 0 Å². The zero-order valence-electron chi connectivity index (χ0n) is 9.69. The quantitative estimate of drug-likeness (QED) is 0.834. The Morgan fingerprint density at radius 2 is 2.06 bits per heavy atom. The maximum Gasteiger partial charge on any atom is 0.124 e. The zero-order chi connectivity index (χ0) is 12.5. The molecular weight excluding hydrogens is 292 g/mol. The van der Waals surface area contributed by atoms with Crippen molar-refractivity contribution in [3.63, 3.8) is 0 Å². The first kappa shape index (κ1) is 11.4. The van der Waals surface area contributed by atoms with E-state index in [2.05, 4.69) is 27.3 Å². The summed E-state index contributed by atoms with van der Waals surface area (Å²) >= 11 is 3.40. The van der Waals surface area contributed by atoms with Gasteiger partial charge < -0.3 is 15.8 Å². The maximum absolute atomic E-state index is 5.99. The Morgan fingerprint density at radius 1 is 1.22 bits per heavy atom. The molecule has 0 fully saturated rings. The van der Waals surface area contributed by atoms with E-state index < -0.39 is 0 Å². The van der Waals surface area contributed by atoms with Crippen molar-refractivity contribution in [2.24, 2.45) is 0 Å². The molecule has 1 aliphatic heterocycles. The van der Waals surface area contributed by atoms with Crippen LogP contribution in [0.1, 0.15) is 11.6 Å². The average molecular weight is 305 g/mol. The van der Waals surface area contributed by atoms with E-state index in [0.29, 0.717) is 6.61 Å². The highest BCUT2D eigenvalue weighted by Crippen LogP contribution is 2.35. The second kappa shape index (κ2) is 4.53. The van der Waals surface area contributed by atoms with Gasteiger partial charge in [-0.1, -0.05) is 34.1 Å². The normalized spacial score (nSPS) is 17.1. The number of hydrogen-bond donors (Lipinski definition) is 2. The van der Waals surface area contributed by atoms with Crippen molar-refractivity contribution in [3.8, 4) is 5.75 Å². The summed E-state index contributed by atoms with van der Waals surface area (Å²) in [4.78, 5) is 0. The molecule has 3 nitrogen and oxygen atoms in total. The Morgan fingerprint density at radius 3 is 2.89 bits per heavy atom. The van der Waals surface area contributed by atoms with Crippen molar-refractivity contribution in [1.29, 1.82) is 0 Å². The minimum Gasteiger partial charge on any atom is -0.491 e. The van der Waals surface area contributed by atoms with Gasteiger partial charge in [-0.2, -0.15) is 0 Å². The number of nitrogen functional groups attached to an aromatic ring is 1. The van der Waals surface area contributed by atoms with Crippen LogP contribution in [0.4, 0.5) is 11.4 Å². The molecule has 0 spiro atoms. The van der Waals surface area contributed by atoms with Crippen molar-refractivity contribution in [2.45, 2.75) is 6.04 Å². The van der Waals surface area contributed by atoms with Gasteiger partial charge in [0.15, 0.2) is 0 Å². The van der Waals surface area contributed by atoms with Gasteiger partial charge in [-0.05, 0) is 24.3 Å². The fourth-order valence-corrected chi connectivity index (χ4v) is 2.51. The lowest BCUT2D eigenvalue weighted by atomic mass is 10.1. The first-order valence-corrected chi connectivity index (χ1v) is 6.56. The van der Waals surface area contributed by atoms with Crippen LogP contribution < -0.4 is 15.8 Å². The molecule has 1 aliphatic rings. The number of nitrogens with one attached hydrogen (secondary N) is 1. The lowest BCUT2D eigenvalue weighted by Gasteiger charge is -2.15. The first-order valence-electron chi connectivity index (χ1n) is 5.77. The Labute approximate surface area is 114 Å². The lowest BCUT2D eigenvalue weighted by Crippen LogP contribution is -2.13. The predicted octanol–water partition coefficient (Wildman–Crippen LogP) is 3.58. The van der Waals surface area contributed by atoms with E-state index in [1.165, 1.54) is 5.56 Å².